The molecule has 1 saturated heterocycles. The van der Waals surface area contributed by atoms with Gasteiger partial charge in [0.25, 0.3) is 0 Å². The van der Waals surface area contributed by atoms with Crippen LogP contribution in [0.4, 0.5) is 11.6 Å². The van der Waals surface area contributed by atoms with Crippen molar-refractivity contribution in [2.75, 3.05) is 9.80 Å². The predicted molar refractivity (Wildman–Crippen MR) is 139 cm³/mol. The lowest BCUT2D eigenvalue weighted by Gasteiger charge is -2.37. The normalized spacial score (nSPS) is 20.9. The van der Waals surface area contributed by atoms with Crippen molar-refractivity contribution < 1.29 is 0 Å². The number of fused-ring (bicyclic) bond motifs is 1. The monoisotopic (exact) mass is 438 g/mol. The highest BCUT2D eigenvalue weighted by atomic mass is 15.5. The molecule has 0 aliphatic carbocycles. The van der Waals surface area contributed by atoms with Crippen LogP contribution in [0.25, 0.3) is 11.0 Å². The summed E-state index contributed by atoms with van der Waals surface area (Å²) >= 11 is 0. The van der Waals surface area contributed by atoms with Crippen molar-refractivity contribution in [2.45, 2.75) is 52.9 Å². The Morgan fingerprint density at radius 1 is 0.788 bits per heavy atom. The zero-order valence-electron chi connectivity index (χ0n) is 20.5. The number of hydrogen-bond acceptors (Lipinski definition) is 3. The number of nitrogens with zero attached hydrogens (tertiary/aromatic N) is 4. The van der Waals surface area contributed by atoms with Crippen LogP contribution in [0.1, 0.15) is 43.6 Å². The van der Waals surface area contributed by atoms with Gasteiger partial charge in [-0.05, 0) is 62.1 Å². The quantitative estimate of drug-likeness (QED) is 0.357. The Kier molecular flexibility index (Phi) is 5.40. The summed E-state index contributed by atoms with van der Waals surface area (Å²) in [5.74, 6) is 1.51. The highest BCUT2D eigenvalue weighted by Crippen LogP contribution is 2.47. The first-order chi connectivity index (χ1) is 15.9. The van der Waals surface area contributed by atoms with E-state index < -0.39 is 0 Å². The molecule has 2 heterocycles. The first kappa shape index (κ1) is 21.6. The number of aryl methyl sites for hydroxylation is 3. The second-order valence-electron chi connectivity index (χ2n) is 9.76. The maximum atomic E-state index is 5.16. The number of para-hydroxylation sites is 3. The summed E-state index contributed by atoms with van der Waals surface area (Å²) in [5.41, 5.74) is 7.49. The lowest BCUT2D eigenvalue weighted by atomic mass is 9.96. The van der Waals surface area contributed by atoms with Crippen LogP contribution in [0.2, 0.25) is 0 Å². The number of aromatic nitrogens is 2. The molecule has 4 nitrogen and oxygen atoms in total. The van der Waals surface area contributed by atoms with Gasteiger partial charge in [0.15, 0.2) is 0 Å². The Labute approximate surface area is 197 Å². The molecule has 0 radical (unpaired) electrons. The van der Waals surface area contributed by atoms with Gasteiger partial charge in [0.1, 0.15) is 6.17 Å². The smallest absolute Gasteiger partial charge is 0.208 e. The Morgan fingerprint density at radius 2 is 1.42 bits per heavy atom. The number of hydrogen-bond donors (Lipinski definition) is 0. The van der Waals surface area contributed by atoms with Crippen molar-refractivity contribution in [3.05, 3.63) is 89.5 Å². The van der Waals surface area contributed by atoms with Gasteiger partial charge in [-0.2, -0.15) is 0 Å². The zero-order valence-corrected chi connectivity index (χ0v) is 20.5. The third kappa shape index (κ3) is 3.40. The van der Waals surface area contributed by atoms with Gasteiger partial charge in [0.05, 0.1) is 23.1 Å². The van der Waals surface area contributed by atoms with Gasteiger partial charge in [0, 0.05) is 18.3 Å². The third-order valence-electron chi connectivity index (χ3n) is 7.31. The summed E-state index contributed by atoms with van der Waals surface area (Å²) in [7, 11) is 2.15. The highest BCUT2D eigenvalue weighted by molar-refractivity contribution is 5.79. The van der Waals surface area contributed by atoms with E-state index in [9.17, 15) is 0 Å². The molecule has 2 unspecified atom stereocenters. The molecule has 5 rings (SSSR count). The van der Waals surface area contributed by atoms with Crippen LogP contribution in [-0.2, 0) is 7.05 Å². The Bertz CT molecular complexity index is 1250. The first-order valence-corrected chi connectivity index (χ1v) is 12.0. The summed E-state index contributed by atoms with van der Waals surface area (Å²) in [6, 6.07) is 26.6. The van der Waals surface area contributed by atoms with Crippen LogP contribution >= 0.6 is 0 Å². The molecule has 1 aliphatic rings. The molecule has 4 aromatic rings. The van der Waals surface area contributed by atoms with E-state index >= 15 is 0 Å². The van der Waals surface area contributed by atoms with Crippen molar-refractivity contribution >= 4 is 22.7 Å². The van der Waals surface area contributed by atoms with Gasteiger partial charge in [-0.1, -0.05) is 62.4 Å². The molecule has 3 atom stereocenters. The predicted octanol–water partition coefficient (Wildman–Crippen LogP) is 6.63. The lowest BCUT2D eigenvalue weighted by Crippen LogP contribution is -2.40. The zero-order chi connectivity index (χ0) is 23.3. The van der Waals surface area contributed by atoms with E-state index in [-0.39, 0.29) is 12.2 Å². The minimum atomic E-state index is 0.0616. The van der Waals surface area contributed by atoms with E-state index in [2.05, 4.69) is 129 Å². The molecular weight excluding hydrogens is 404 g/mol. The van der Waals surface area contributed by atoms with Gasteiger partial charge in [-0.3, -0.25) is 0 Å². The van der Waals surface area contributed by atoms with Crippen LogP contribution < -0.4 is 9.80 Å². The van der Waals surface area contributed by atoms with Crippen molar-refractivity contribution in [3.8, 4) is 0 Å². The molecule has 0 N–H and O–H groups in total. The SMILES string of the molecule is Cc1cccc(C)c1C1N(c2ccccc2)C(C(C)C)[C@H](C)N1c1nc2ccccc2n1C. The summed E-state index contributed by atoms with van der Waals surface area (Å²) < 4.78 is 2.26. The topological polar surface area (TPSA) is 24.3 Å². The maximum absolute atomic E-state index is 5.16. The van der Waals surface area contributed by atoms with Crippen molar-refractivity contribution in [3.63, 3.8) is 0 Å². The molecule has 0 amide bonds. The summed E-state index contributed by atoms with van der Waals surface area (Å²) in [6.45, 7) is 11.5. The third-order valence-corrected chi connectivity index (χ3v) is 7.31. The molecule has 1 aliphatic heterocycles. The second-order valence-corrected chi connectivity index (χ2v) is 9.76. The fraction of sp³-hybridized carbons (Fsp3) is 0.345. The fourth-order valence-electron chi connectivity index (χ4n) is 5.88. The molecule has 0 bridgehead atoms. The molecule has 1 aromatic heterocycles. The number of rotatable bonds is 4. The fourth-order valence-corrected chi connectivity index (χ4v) is 5.88. The van der Waals surface area contributed by atoms with Crippen LogP contribution in [0.5, 0.6) is 0 Å². The molecule has 33 heavy (non-hydrogen) atoms. The van der Waals surface area contributed by atoms with Crippen LogP contribution in [0.15, 0.2) is 72.8 Å². The van der Waals surface area contributed by atoms with Gasteiger partial charge in [-0.15, -0.1) is 0 Å². The average Bonchev–Trinajstić information content (AvgIpc) is 3.28. The van der Waals surface area contributed by atoms with Crippen LogP contribution in [-0.4, -0.2) is 21.6 Å². The molecule has 3 aromatic carbocycles. The minimum absolute atomic E-state index is 0.0616. The Balaban J connectivity index is 1.80. The molecule has 0 spiro atoms. The number of imidazole rings is 1. The largest absolute Gasteiger partial charge is 0.342 e. The van der Waals surface area contributed by atoms with E-state index in [0.717, 1.165) is 11.5 Å². The molecule has 1 fully saturated rings. The van der Waals surface area contributed by atoms with Crippen LogP contribution in [0, 0.1) is 19.8 Å². The first-order valence-electron chi connectivity index (χ1n) is 12.0. The number of anilines is 2. The van der Waals surface area contributed by atoms with E-state index in [4.69, 9.17) is 4.98 Å². The van der Waals surface area contributed by atoms with E-state index in [0.29, 0.717) is 12.0 Å². The summed E-state index contributed by atoms with van der Waals surface area (Å²) in [4.78, 5) is 10.4. The summed E-state index contributed by atoms with van der Waals surface area (Å²) in [6.07, 6.45) is 0.0616. The van der Waals surface area contributed by atoms with Crippen molar-refractivity contribution in [1.82, 2.24) is 9.55 Å². The van der Waals surface area contributed by atoms with E-state index in [1.807, 2.05) is 0 Å². The van der Waals surface area contributed by atoms with Crippen molar-refractivity contribution in [1.29, 1.82) is 0 Å². The van der Waals surface area contributed by atoms with Gasteiger partial charge < -0.3 is 14.4 Å². The van der Waals surface area contributed by atoms with Gasteiger partial charge in [0.2, 0.25) is 5.95 Å². The summed E-state index contributed by atoms with van der Waals surface area (Å²) in [5, 5.41) is 0. The molecular formula is C29H34N4. The Hall–Kier alpha value is -3.27. The minimum Gasteiger partial charge on any atom is -0.342 e. The van der Waals surface area contributed by atoms with Gasteiger partial charge >= 0.3 is 0 Å². The molecule has 0 saturated carbocycles. The average molecular weight is 439 g/mol. The van der Waals surface area contributed by atoms with Gasteiger partial charge in [-0.25, -0.2) is 4.98 Å². The van der Waals surface area contributed by atoms with Crippen molar-refractivity contribution in [2.24, 2.45) is 13.0 Å². The van der Waals surface area contributed by atoms with E-state index in [1.165, 1.54) is 27.9 Å². The number of benzene rings is 3. The Morgan fingerprint density at radius 3 is 2.06 bits per heavy atom. The standard InChI is InChI=1S/C29H34N4/c1-19(2)27-22(5)32(29-30-24-17-10-11-18-25(24)31(29)6)28(26-20(3)13-12-14-21(26)4)33(27)23-15-8-7-9-16-23/h7-19,22,27-28H,1-6H3/t22-,27?,28?/m0/s1. The molecule has 170 valence electrons. The second kappa shape index (κ2) is 8.26. The highest BCUT2D eigenvalue weighted by Gasteiger charge is 2.49. The van der Waals surface area contributed by atoms with E-state index in [1.54, 1.807) is 0 Å². The maximum Gasteiger partial charge on any atom is 0.208 e. The molecule has 4 heteroatoms. The lowest BCUT2D eigenvalue weighted by molar-refractivity contribution is 0.454. The van der Waals surface area contributed by atoms with Crippen LogP contribution in [0.3, 0.4) is 0 Å².